The Kier molecular flexibility index (Phi) is 7.13. The molecule has 57 heavy (non-hydrogen) atoms. The van der Waals surface area contributed by atoms with Gasteiger partial charge in [-0.1, -0.05) is 127 Å². The third-order valence-corrected chi connectivity index (χ3v) is 12.9. The lowest BCUT2D eigenvalue weighted by atomic mass is 9.93. The Hall–Kier alpha value is -7.20. The molecule has 0 saturated carbocycles. The lowest BCUT2D eigenvalue weighted by Crippen LogP contribution is -2.10. The Bertz CT molecular complexity index is 3520. The van der Waals surface area contributed by atoms with E-state index in [4.69, 9.17) is 0 Å². The number of anilines is 3. The Labute approximate surface area is 333 Å². The lowest BCUT2D eigenvalue weighted by Gasteiger charge is -2.26. The molecule has 266 valence electrons. The van der Waals surface area contributed by atoms with Crippen molar-refractivity contribution in [3.05, 3.63) is 206 Å². The standard InChI is InChI=1S/C54H34N2S/c1-4-14-43-35(11-1)23-31-51-54(43)47-18-7-9-19-50(47)56(51)40-28-26-39(27-29-40)55(41-30-32-53-49(34-41)46-17-8-10-20-52(46)57-53)38-24-21-36(22-25-38)48-33-37-12-2-3-13-42(37)44-15-5-6-16-45(44)48/h1-34H. The van der Waals surface area contributed by atoms with E-state index in [1.165, 1.54) is 85.4 Å². The SMILES string of the molecule is c1ccc2c(c1)cc(-c1ccc(N(c3ccc(-n4c5ccccc5c5c6ccccc6ccc54)cc3)c3ccc4sc5ccccc5c4c3)cc1)c1ccccc12. The molecule has 12 rings (SSSR count). The van der Waals surface area contributed by atoms with Crippen molar-refractivity contribution in [2.45, 2.75) is 0 Å². The van der Waals surface area contributed by atoms with Crippen molar-refractivity contribution in [1.29, 1.82) is 0 Å². The fourth-order valence-corrected chi connectivity index (χ4v) is 10.2. The average Bonchev–Trinajstić information content (AvgIpc) is 3.83. The zero-order chi connectivity index (χ0) is 37.5. The van der Waals surface area contributed by atoms with Crippen LogP contribution in [0, 0.1) is 0 Å². The maximum atomic E-state index is 2.41. The molecule has 0 bridgehead atoms. The molecule has 0 amide bonds. The molecule has 0 saturated heterocycles. The fraction of sp³-hybridized carbons (Fsp3) is 0. The molecular formula is C54H34N2S. The van der Waals surface area contributed by atoms with Crippen LogP contribution in [-0.4, -0.2) is 4.57 Å². The third kappa shape index (κ3) is 5.03. The summed E-state index contributed by atoms with van der Waals surface area (Å²) in [5.74, 6) is 0. The van der Waals surface area contributed by atoms with Crippen LogP contribution in [0.2, 0.25) is 0 Å². The van der Waals surface area contributed by atoms with E-state index < -0.39 is 0 Å². The zero-order valence-electron chi connectivity index (χ0n) is 30.9. The van der Waals surface area contributed by atoms with Crippen LogP contribution >= 0.6 is 11.3 Å². The van der Waals surface area contributed by atoms with Crippen LogP contribution in [0.15, 0.2) is 206 Å². The van der Waals surface area contributed by atoms with Gasteiger partial charge in [0.25, 0.3) is 0 Å². The first-order chi connectivity index (χ1) is 28.3. The summed E-state index contributed by atoms with van der Waals surface area (Å²) in [6.45, 7) is 0. The van der Waals surface area contributed by atoms with Gasteiger partial charge in [0.05, 0.1) is 11.0 Å². The summed E-state index contributed by atoms with van der Waals surface area (Å²) >= 11 is 1.86. The first-order valence-corrected chi connectivity index (χ1v) is 20.3. The first-order valence-electron chi connectivity index (χ1n) is 19.5. The van der Waals surface area contributed by atoms with Gasteiger partial charge >= 0.3 is 0 Å². The summed E-state index contributed by atoms with van der Waals surface area (Å²) in [6, 6.07) is 75.8. The fourth-order valence-electron chi connectivity index (χ4n) is 9.15. The highest BCUT2D eigenvalue weighted by molar-refractivity contribution is 7.25. The monoisotopic (exact) mass is 742 g/mol. The second-order valence-electron chi connectivity index (χ2n) is 14.9. The molecule has 2 aromatic heterocycles. The lowest BCUT2D eigenvalue weighted by molar-refractivity contribution is 1.17. The molecule has 0 unspecified atom stereocenters. The van der Waals surface area contributed by atoms with E-state index in [9.17, 15) is 0 Å². The number of nitrogens with zero attached hydrogens (tertiary/aromatic N) is 2. The number of hydrogen-bond donors (Lipinski definition) is 0. The van der Waals surface area contributed by atoms with Gasteiger partial charge in [0.2, 0.25) is 0 Å². The highest BCUT2D eigenvalue weighted by Crippen LogP contribution is 2.43. The minimum Gasteiger partial charge on any atom is -0.310 e. The van der Waals surface area contributed by atoms with Crippen molar-refractivity contribution in [2.24, 2.45) is 0 Å². The highest BCUT2D eigenvalue weighted by Gasteiger charge is 2.18. The zero-order valence-corrected chi connectivity index (χ0v) is 31.7. The molecule has 2 heterocycles. The van der Waals surface area contributed by atoms with Gasteiger partial charge < -0.3 is 9.47 Å². The molecule has 0 spiro atoms. The average molecular weight is 743 g/mol. The molecule has 0 fully saturated rings. The van der Waals surface area contributed by atoms with E-state index in [1.54, 1.807) is 0 Å². The van der Waals surface area contributed by atoms with Gasteiger partial charge in [-0.15, -0.1) is 11.3 Å². The molecule has 12 aromatic rings. The second-order valence-corrected chi connectivity index (χ2v) is 16.0. The van der Waals surface area contributed by atoms with Gasteiger partial charge in [0.15, 0.2) is 0 Å². The number of hydrogen-bond acceptors (Lipinski definition) is 2. The van der Waals surface area contributed by atoms with E-state index in [2.05, 4.69) is 216 Å². The minimum absolute atomic E-state index is 1.10. The van der Waals surface area contributed by atoms with Crippen molar-refractivity contribution in [1.82, 2.24) is 4.57 Å². The molecule has 10 aromatic carbocycles. The Morgan fingerprint density at radius 3 is 1.75 bits per heavy atom. The summed E-state index contributed by atoms with van der Waals surface area (Å²) in [6.07, 6.45) is 0. The van der Waals surface area contributed by atoms with Gasteiger partial charge in [-0.3, -0.25) is 0 Å². The Morgan fingerprint density at radius 1 is 0.351 bits per heavy atom. The topological polar surface area (TPSA) is 8.17 Å². The quantitative estimate of drug-likeness (QED) is 0.159. The number of aromatic nitrogens is 1. The molecule has 0 aliphatic carbocycles. The summed E-state index contributed by atoms with van der Waals surface area (Å²) in [7, 11) is 0. The van der Waals surface area contributed by atoms with E-state index in [0.717, 1.165) is 22.7 Å². The maximum absolute atomic E-state index is 2.41. The van der Waals surface area contributed by atoms with Crippen molar-refractivity contribution in [2.75, 3.05) is 4.90 Å². The van der Waals surface area contributed by atoms with Crippen molar-refractivity contribution >= 4 is 103 Å². The summed E-state index contributed by atoms with van der Waals surface area (Å²) in [4.78, 5) is 2.40. The molecule has 2 nitrogen and oxygen atoms in total. The molecule has 0 aliphatic heterocycles. The van der Waals surface area contributed by atoms with E-state index in [1.807, 2.05) is 11.3 Å². The van der Waals surface area contributed by atoms with Crippen molar-refractivity contribution < 1.29 is 0 Å². The van der Waals surface area contributed by atoms with E-state index in [0.29, 0.717) is 0 Å². The van der Waals surface area contributed by atoms with Gasteiger partial charge in [0, 0.05) is 53.7 Å². The van der Waals surface area contributed by atoms with Gasteiger partial charge in [0.1, 0.15) is 0 Å². The third-order valence-electron chi connectivity index (χ3n) is 11.8. The summed E-state index contributed by atoms with van der Waals surface area (Å²) in [5.41, 5.74) is 9.35. The maximum Gasteiger partial charge on any atom is 0.0547 e. The van der Waals surface area contributed by atoms with E-state index >= 15 is 0 Å². The second kappa shape index (κ2) is 12.7. The number of fused-ring (bicyclic) bond motifs is 11. The molecular weight excluding hydrogens is 709 g/mol. The summed E-state index contributed by atoms with van der Waals surface area (Å²) in [5, 5.41) is 12.8. The van der Waals surface area contributed by atoms with Crippen molar-refractivity contribution in [3.8, 4) is 16.8 Å². The first kappa shape index (κ1) is 32.1. The largest absolute Gasteiger partial charge is 0.310 e. The Balaban J connectivity index is 1.02. The predicted molar refractivity (Wildman–Crippen MR) is 246 cm³/mol. The van der Waals surface area contributed by atoms with E-state index in [-0.39, 0.29) is 0 Å². The van der Waals surface area contributed by atoms with Crippen LogP contribution in [0.1, 0.15) is 0 Å². The van der Waals surface area contributed by atoms with Crippen LogP contribution < -0.4 is 4.90 Å². The Morgan fingerprint density at radius 2 is 0.947 bits per heavy atom. The number of para-hydroxylation sites is 1. The van der Waals surface area contributed by atoms with Crippen LogP contribution in [0.25, 0.3) is 91.1 Å². The highest BCUT2D eigenvalue weighted by atomic mass is 32.1. The number of thiophene rings is 1. The summed E-state index contributed by atoms with van der Waals surface area (Å²) < 4.78 is 5.02. The van der Waals surface area contributed by atoms with Crippen LogP contribution in [-0.2, 0) is 0 Å². The normalized spacial score (nSPS) is 11.9. The van der Waals surface area contributed by atoms with Gasteiger partial charge in [-0.2, -0.15) is 0 Å². The smallest absolute Gasteiger partial charge is 0.0547 e. The predicted octanol–water partition coefficient (Wildman–Crippen LogP) is 15.7. The van der Waals surface area contributed by atoms with Gasteiger partial charge in [-0.25, -0.2) is 0 Å². The van der Waals surface area contributed by atoms with Crippen LogP contribution in [0.5, 0.6) is 0 Å². The molecule has 0 N–H and O–H groups in total. The van der Waals surface area contributed by atoms with Crippen LogP contribution in [0.4, 0.5) is 17.1 Å². The van der Waals surface area contributed by atoms with Crippen LogP contribution in [0.3, 0.4) is 0 Å². The molecule has 0 atom stereocenters. The van der Waals surface area contributed by atoms with Crippen molar-refractivity contribution in [3.63, 3.8) is 0 Å². The number of benzene rings is 10. The minimum atomic E-state index is 1.10. The number of rotatable bonds is 5. The molecule has 0 radical (unpaired) electrons. The molecule has 3 heteroatoms. The molecule has 0 aliphatic rings. The van der Waals surface area contributed by atoms with Gasteiger partial charge in [-0.05, 0) is 122 Å².